The molecule has 0 fully saturated rings. The Morgan fingerprint density at radius 1 is 0.957 bits per heavy atom. The van der Waals surface area contributed by atoms with Crippen molar-refractivity contribution in [3.63, 3.8) is 0 Å². The minimum atomic E-state index is 0.534. The predicted molar refractivity (Wildman–Crippen MR) is 97.0 cm³/mol. The molecule has 0 saturated heterocycles. The maximum Gasteiger partial charge on any atom is 0.140 e. The van der Waals surface area contributed by atoms with Gasteiger partial charge in [0.05, 0.1) is 11.6 Å². The fraction of sp³-hybridized carbons (Fsp3) is 0.350. The number of aromatic nitrogens is 1. The summed E-state index contributed by atoms with van der Waals surface area (Å²) in [6.07, 6.45) is 5.25. The Labute approximate surface area is 139 Å². The van der Waals surface area contributed by atoms with Crippen molar-refractivity contribution in [2.24, 2.45) is 0 Å². The minimum Gasteiger partial charge on any atom is -0.488 e. The number of hydrogen-bond donors (Lipinski definition) is 0. The molecule has 0 radical (unpaired) electrons. The van der Waals surface area contributed by atoms with Crippen LogP contribution in [0.15, 0.2) is 47.3 Å². The maximum absolute atomic E-state index is 5.96. The lowest BCUT2D eigenvalue weighted by Gasteiger charge is -2.11. The van der Waals surface area contributed by atoms with Crippen molar-refractivity contribution >= 4 is 11.0 Å². The van der Waals surface area contributed by atoms with Gasteiger partial charge in [0.2, 0.25) is 0 Å². The standard InChI is InChI=1S/C16H15NO2.2C2H6/c1-11-9-12(2)16(14-5-8-18-15(11)14)19-10-13-3-6-17-7-4-13;2*1-2/h3-9H,10H2,1-2H3;2*1-2H3. The van der Waals surface area contributed by atoms with Gasteiger partial charge in [0.1, 0.15) is 17.9 Å². The van der Waals surface area contributed by atoms with E-state index in [0.29, 0.717) is 6.61 Å². The van der Waals surface area contributed by atoms with Gasteiger partial charge in [-0.05, 0) is 54.8 Å². The summed E-state index contributed by atoms with van der Waals surface area (Å²) in [5.41, 5.74) is 4.26. The zero-order chi connectivity index (χ0) is 17.2. The van der Waals surface area contributed by atoms with Crippen LogP contribution in [-0.4, -0.2) is 4.98 Å². The maximum atomic E-state index is 5.96. The third-order valence-electron chi connectivity index (χ3n) is 3.19. The molecule has 0 amide bonds. The molecule has 3 rings (SSSR count). The molecule has 0 bridgehead atoms. The van der Waals surface area contributed by atoms with Crippen molar-refractivity contribution < 1.29 is 9.15 Å². The molecule has 0 aliphatic carbocycles. The normalized spacial score (nSPS) is 9.48. The van der Waals surface area contributed by atoms with Gasteiger partial charge in [-0.2, -0.15) is 0 Å². The number of nitrogens with zero attached hydrogens (tertiary/aromatic N) is 1. The van der Waals surface area contributed by atoms with Crippen LogP contribution in [0.2, 0.25) is 0 Å². The summed E-state index contributed by atoms with van der Waals surface area (Å²) < 4.78 is 11.5. The Morgan fingerprint density at radius 3 is 2.26 bits per heavy atom. The molecule has 3 nitrogen and oxygen atoms in total. The average Bonchev–Trinajstić information content (AvgIpc) is 3.09. The predicted octanol–water partition coefficient (Wildman–Crippen LogP) is 6.08. The molecular weight excluding hydrogens is 286 g/mol. The first-order valence-electron chi connectivity index (χ1n) is 8.25. The lowest BCUT2D eigenvalue weighted by atomic mass is 10.1. The smallest absolute Gasteiger partial charge is 0.140 e. The van der Waals surface area contributed by atoms with Gasteiger partial charge in [-0.15, -0.1) is 0 Å². The van der Waals surface area contributed by atoms with Gasteiger partial charge in [0.25, 0.3) is 0 Å². The van der Waals surface area contributed by atoms with E-state index in [0.717, 1.165) is 33.4 Å². The number of furan rings is 1. The SMILES string of the molecule is CC.CC.Cc1cc(C)c2occc2c1OCc1ccncc1. The van der Waals surface area contributed by atoms with Crippen LogP contribution in [0.1, 0.15) is 44.4 Å². The van der Waals surface area contributed by atoms with Crippen molar-refractivity contribution in [3.05, 3.63) is 59.6 Å². The number of rotatable bonds is 3. The first kappa shape index (κ1) is 18.8. The molecule has 0 N–H and O–H groups in total. The highest BCUT2D eigenvalue weighted by molar-refractivity contribution is 5.88. The Hall–Kier alpha value is -2.29. The van der Waals surface area contributed by atoms with Crippen LogP contribution in [0.3, 0.4) is 0 Å². The second-order valence-corrected chi connectivity index (χ2v) is 4.65. The fourth-order valence-corrected chi connectivity index (χ4v) is 2.29. The zero-order valence-corrected chi connectivity index (χ0v) is 15.0. The largest absolute Gasteiger partial charge is 0.488 e. The summed E-state index contributed by atoms with van der Waals surface area (Å²) in [5, 5.41) is 1.03. The lowest BCUT2D eigenvalue weighted by molar-refractivity contribution is 0.307. The number of hydrogen-bond acceptors (Lipinski definition) is 3. The number of pyridine rings is 1. The van der Waals surface area contributed by atoms with E-state index in [1.54, 1.807) is 18.7 Å². The Bertz CT molecular complexity index is 702. The van der Waals surface area contributed by atoms with E-state index in [1.165, 1.54) is 0 Å². The number of fused-ring (bicyclic) bond motifs is 1. The topological polar surface area (TPSA) is 35.3 Å². The van der Waals surface area contributed by atoms with Gasteiger partial charge in [-0.1, -0.05) is 27.7 Å². The molecule has 124 valence electrons. The van der Waals surface area contributed by atoms with E-state index in [-0.39, 0.29) is 0 Å². The molecule has 3 aromatic rings. The Balaban J connectivity index is 0.000000615. The summed E-state index contributed by atoms with van der Waals surface area (Å²) in [5.74, 6) is 0.895. The lowest BCUT2D eigenvalue weighted by Crippen LogP contribution is -1.98. The molecule has 0 aliphatic rings. The molecule has 0 atom stereocenters. The van der Waals surface area contributed by atoms with Gasteiger partial charge in [-0.25, -0.2) is 0 Å². The van der Waals surface area contributed by atoms with E-state index >= 15 is 0 Å². The monoisotopic (exact) mass is 313 g/mol. The molecule has 2 heterocycles. The van der Waals surface area contributed by atoms with Crippen LogP contribution >= 0.6 is 0 Å². The van der Waals surface area contributed by atoms with Crippen LogP contribution in [0.5, 0.6) is 5.75 Å². The van der Waals surface area contributed by atoms with Crippen molar-refractivity contribution in [2.75, 3.05) is 0 Å². The third-order valence-corrected chi connectivity index (χ3v) is 3.19. The Kier molecular flexibility index (Phi) is 7.89. The van der Waals surface area contributed by atoms with Crippen molar-refractivity contribution in [1.29, 1.82) is 0 Å². The molecule has 2 aromatic heterocycles. The molecule has 0 spiro atoms. The molecule has 3 heteroatoms. The number of benzene rings is 1. The van der Waals surface area contributed by atoms with Crippen LogP contribution < -0.4 is 4.74 Å². The van der Waals surface area contributed by atoms with E-state index in [2.05, 4.69) is 18.0 Å². The molecule has 0 aliphatic heterocycles. The summed E-state index contributed by atoms with van der Waals surface area (Å²) in [7, 11) is 0. The summed E-state index contributed by atoms with van der Waals surface area (Å²) >= 11 is 0. The molecular formula is C20H27NO2. The minimum absolute atomic E-state index is 0.534. The fourth-order valence-electron chi connectivity index (χ4n) is 2.29. The van der Waals surface area contributed by atoms with Gasteiger partial charge in [-0.3, -0.25) is 4.98 Å². The van der Waals surface area contributed by atoms with Crippen molar-refractivity contribution in [2.45, 2.75) is 48.1 Å². The van der Waals surface area contributed by atoms with Gasteiger partial charge >= 0.3 is 0 Å². The van der Waals surface area contributed by atoms with E-state index < -0.39 is 0 Å². The third kappa shape index (κ3) is 4.59. The highest BCUT2D eigenvalue weighted by Gasteiger charge is 2.11. The van der Waals surface area contributed by atoms with Gasteiger partial charge in [0.15, 0.2) is 0 Å². The molecule has 0 saturated carbocycles. The van der Waals surface area contributed by atoms with Crippen LogP contribution in [0, 0.1) is 13.8 Å². The second kappa shape index (κ2) is 9.67. The highest BCUT2D eigenvalue weighted by Crippen LogP contribution is 2.33. The molecule has 1 aromatic carbocycles. The van der Waals surface area contributed by atoms with E-state index in [4.69, 9.17) is 9.15 Å². The summed E-state index contributed by atoms with van der Waals surface area (Å²) in [6, 6.07) is 7.96. The molecule has 0 unspecified atom stereocenters. The van der Waals surface area contributed by atoms with E-state index in [1.807, 2.05) is 52.8 Å². The van der Waals surface area contributed by atoms with Crippen LogP contribution in [0.4, 0.5) is 0 Å². The van der Waals surface area contributed by atoms with E-state index in [9.17, 15) is 0 Å². The van der Waals surface area contributed by atoms with Crippen molar-refractivity contribution in [3.8, 4) is 5.75 Å². The van der Waals surface area contributed by atoms with Crippen molar-refractivity contribution in [1.82, 2.24) is 4.98 Å². The average molecular weight is 313 g/mol. The quantitative estimate of drug-likeness (QED) is 0.588. The highest BCUT2D eigenvalue weighted by atomic mass is 16.5. The second-order valence-electron chi connectivity index (χ2n) is 4.65. The summed E-state index contributed by atoms with van der Waals surface area (Å²) in [4.78, 5) is 4.00. The summed E-state index contributed by atoms with van der Waals surface area (Å²) in [6.45, 7) is 12.6. The Morgan fingerprint density at radius 2 is 1.61 bits per heavy atom. The zero-order valence-electron chi connectivity index (χ0n) is 15.0. The first-order valence-corrected chi connectivity index (χ1v) is 8.25. The first-order chi connectivity index (χ1) is 11.3. The molecule has 23 heavy (non-hydrogen) atoms. The number of ether oxygens (including phenoxy) is 1. The van der Waals surface area contributed by atoms with Crippen LogP contribution in [0.25, 0.3) is 11.0 Å². The van der Waals surface area contributed by atoms with Gasteiger partial charge in [0, 0.05) is 12.4 Å². The van der Waals surface area contributed by atoms with Gasteiger partial charge < -0.3 is 9.15 Å². The number of aryl methyl sites for hydroxylation is 2. The van der Waals surface area contributed by atoms with Crippen LogP contribution in [-0.2, 0) is 6.61 Å².